The van der Waals surface area contributed by atoms with Gasteiger partial charge in [-0.25, -0.2) is 4.98 Å². The van der Waals surface area contributed by atoms with Crippen LogP contribution in [0.15, 0.2) is 48.0 Å². The quantitative estimate of drug-likeness (QED) is 0.389. The Labute approximate surface area is 200 Å². The van der Waals surface area contributed by atoms with Crippen molar-refractivity contribution >= 4 is 39.9 Å². The van der Waals surface area contributed by atoms with Crippen molar-refractivity contribution in [2.75, 3.05) is 25.6 Å². The van der Waals surface area contributed by atoms with Crippen molar-refractivity contribution < 1.29 is 23.8 Å². The number of rotatable bonds is 10. The van der Waals surface area contributed by atoms with Gasteiger partial charge in [-0.05, 0) is 44.2 Å². The molecule has 3 aromatic rings. The molecule has 0 aliphatic carbocycles. The lowest BCUT2D eigenvalue weighted by molar-refractivity contribution is 0.0936. The molecule has 1 aromatic heterocycles. The minimum Gasteiger partial charge on any atom is -0.491 e. The lowest BCUT2D eigenvalue weighted by Crippen LogP contribution is -2.26. The number of halogens is 1. The van der Waals surface area contributed by atoms with Crippen LogP contribution < -0.4 is 20.1 Å². The fourth-order valence-electron chi connectivity index (χ4n) is 2.78. The van der Waals surface area contributed by atoms with Crippen LogP contribution in [0.1, 0.15) is 34.6 Å². The normalized spacial score (nSPS) is 10.7. The van der Waals surface area contributed by atoms with Gasteiger partial charge in [0, 0.05) is 42.4 Å². The predicted octanol–water partition coefficient (Wildman–Crippen LogP) is 5.00. The Morgan fingerprint density at radius 3 is 2.55 bits per heavy atom. The van der Waals surface area contributed by atoms with Gasteiger partial charge in [0.05, 0.1) is 17.7 Å². The smallest absolute Gasteiger partial charge is 0.257 e. The largest absolute Gasteiger partial charge is 0.491 e. The van der Waals surface area contributed by atoms with Crippen LogP contribution in [-0.4, -0.2) is 43.2 Å². The molecule has 2 amide bonds. The second-order valence-electron chi connectivity index (χ2n) is 7.15. The Kier molecular flexibility index (Phi) is 8.65. The predicted molar refractivity (Wildman–Crippen MR) is 128 cm³/mol. The number of nitrogens with one attached hydrogen (secondary N) is 2. The van der Waals surface area contributed by atoms with Crippen LogP contribution in [0.3, 0.4) is 0 Å². The first-order valence-electron chi connectivity index (χ1n) is 10.1. The van der Waals surface area contributed by atoms with E-state index in [0.29, 0.717) is 46.7 Å². The highest BCUT2D eigenvalue weighted by Gasteiger charge is 2.15. The first-order valence-corrected chi connectivity index (χ1v) is 11.4. The van der Waals surface area contributed by atoms with Gasteiger partial charge >= 0.3 is 0 Å². The van der Waals surface area contributed by atoms with E-state index in [0.717, 1.165) is 0 Å². The molecule has 8 nitrogen and oxygen atoms in total. The number of carbonyl (C=O) groups excluding carboxylic acids is 2. The van der Waals surface area contributed by atoms with E-state index in [9.17, 15) is 9.59 Å². The first-order chi connectivity index (χ1) is 15.9. The van der Waals surface area contributed by atoms with Gasteiger partial charge in [0.15, 0.2) is 5.13 Å². The van der Waals surface area contributed by atoms with Crippen LogP contribution in [-0.2, 0) is 4.74 Å². The third kappa shape index (κ3) is 7.18. The van der Waals surface area contributed by atoms with Gasteiger partial charge < -0.3 is 19.5 Å². The maximum atomic E-state index is 12.7. The van der Waals surface area contributed by atoms with Crippen molar-refractivity contribution in [1.82, 2.24) is 10.3 Å². The lowest BCUT2D eigenvalue weighted by atomic mass is 10.1. The van der Waals surface area contributed by atoms with Gasteiger partial charge in [0.25, 0.3) is 11.8 Å². The molecular weight excluding hydrogens is 466 g/mol. The van der Waals surface area contributed by atoms with Crippen LogP contribution in [0.5, 0.6) is 17.2 Å². The molecule has 0 saturated heterocycles. The number of aromatic nitrogens is 1. The Morgan fingerprint density at radius 2 is 1.88 bits per heavy atom. The van der Waals surface area contributed by atoms with E-state index in [1.165, 1.54) is 17.4 Å². The summed E-state index contributed by atoms with van der Waals surface area (Å²) in [5, 5.41) is 7.98. The van der Waals surface area contributed by atoms with E-state index in [1.807, 2.05) is 13.8 Å². The SMILES string of the molecule is COCCNC(=O)c1ccc(Oc2cc(OC(C)C)cc(C(=O)Nc3nccs3)c2)c(Cl)c1. The highest BCUT2D eigenvalue weighted by Crippen LogP contribution is 2.33. The zero-order chi connectivity index (χ0) is 23.8. The number of anilines is 1. The summed E-state index contributed by atoms with van der Waals surface area (Å²) in [7, 11) is 1.56. The molecule has 0 fully saturated rings. The van der Waals surface area contributed by atoms with Gasteiger partial charge in [0.1, 0.15) is 17.2 Å². The van der Waals surface area contributed by atoms with Crippen LogP contribution in [0.25, 0.3) is 0 Å². The molecule has 0 aliphatic rings. The summed E-state index contributed by atoms with van der Waals surface area (Å²) < 4.78 is 16.6. The van der Waals surface area contributed by atoms with E-state index in [2.05, 4.69) is 15.6 Å². The van der Waals surface area contributed by atoms with Gasteiger partial charge in [0.2, 0.25) is 0 Å². The number of carbonyl (C=O) groups is 2. The molecule has 0 unspecified atom stereocenters. The summed E-state index contributed by atoms with van der Waals surface area (Å²) in [6, 6.07) is 9.60. The fourth-order valence-corrected chi connectivity index (χ4v) is 3.52. The first kappa shape index (κ1) is 24.5. The van der Waals surface area contributed by atoms with Gasteiger partial charge in [-0.1, -0.05) is 11.6 Å². The zero-order valence-electron chi connectivity index (χ0n) is 18.4. The van der Waals surface area contributed by atoms with Crippen LogP contribution in [0.4, 0.5) is 5.13 Å². The molecule has 10 heteroatoms. The number of hydrogen-bond donors (Lipinski definition) is 2. The molecule has 0 atom stereocenters. The van der Waals surface area contributed by atoms with E-state index in [-0.39, 0.29) is 22.9 Å². The minimum atomic E-state index is -0.349. The molecule has 0 radical (unpaired) electrons. The maximum absolute atomic E-state index is 12.7. The molecule has 2 aromatic carbocycles. The van der Waals surface area contributed by atoms with Crippen molar-refractivity contribution in [1.29, 1.82) is 0 Å². The summed E-state index contributed by atoms with van der Waals surface area (Å²) in [6.07, 6.45) is 1.51. The second-order valence-corrected chi connectivity index (χ2v) is 8.45. The van der Waals surface area contributed by atoms with Crippen molar-refractivity contribution in [2.24, 2.45) is 0 Å². The average Bonchev–Trinajstić information content (AvgIpc) is 3.27. The summed E-state index contributed by atoms with van der Waals surface area (Å²) >= 11 is 7.68. The molecule has 0 bridgehead atoms. The van der Waals surface area contributed by atoms with Crippen LogP contribution >= 0.6 is 22.9 Å². The molecule has 3 rings (SSSR count). The monoisotopic (exact) mass is 489 g/mol. The summed E-state index contributed by atoms with van der Waals surface area (Å²) in [5.41, 5.74) is 0.729. The highest BCUT2D eigenvalue weighted by molar-refractivity contribution is 7.13. The Bertz CT molecular complexity index is 1110. The number of benzene rings is 2. The molecule has 0 saturated carbocycles. The van der Waals surface area contributed by atoms with E-state index in [4.69, 9.17) is 25.8 Å². The number of ether oxygens (including phenoxy) is 3. The third-order valence-corrected chi connectivity index (χ3v) is 5.16. The number of hydrogen-bond acceptors (Lipinski definition) is 7. The average molecular weight is 490 g/mol. The Morgan fingerprint density at radius 1 is 1.09 bits per heavy atom. The molecule has 0 aliphatic heterocycles. The van der Waals surface area contributed by atoms with E-state index >= 15 is 0 Å². The van der Waals surface area contributed by atoms with Gasteiger partial charge in [-0.3, -0.25) is 14.9 Å². The highest BCUT2D eigenvalue weighted by atomic mass is 35.5. The summed E-state index contributed by atoms with van der Waals surface area (Å²) in [5.74, 6) is 0.541. The Hall–Kier alpha value is -3.14. The van der Waals surface area contributed by atoms with Crippen molar-refractivity contribution in [3.63, 3.8) is 0 Å². The van der Waals surface area contributed by atoms with Crippen LogP contribution in [0, 0.1) is 0 Å². The van der Waals surface area contributed by atoms with E-state index in [1.54, 1.807) is 49.0 Å². The fraction of sp³-hybridized carbons (Fsp3) is 0.261. The molecule has 1 heterocycles. The number of nitrogens with zero attached hydrogens (tertiary/aromatic N) is 1. The van der Waals surface area contributed by atoms with E-state index < -0.39 is 0 Å². The molecule has 0 spiro atoms. The zero-order valence-corrected chi connectivity index (χ0v) is 20.0. The summed E-state index contributed by atoms with van der Waals surface area (Å²) in [4.78, 5) is 29.0. The van der Waals surface area contributed by atoms with Crippen molar-refractivity contribution in [3.05, 3.63) is 64.1 Å². The standard InChI is InChI=1S/C23H24ClN3O5S/c1-14(2)31-17-10-16(22(29)27-23-26-7-9-33-23)11-18(13-17)32-20-5-4-15(12-19(20)24)21(28)25-6-8-30-3/h4-5,7,9-14H,6,8H2,1-3H3,(H,25,28)(H,26,27,29). The number of amides is 2. The molecule has 174 valence electrons. The molecule has 2 N–H and O–H groups in total. The minimum absolute atomic E-state index is 0.102. The van der Waals surface area contributed by atoms with Gasteiger partial charge in [-0.2, -0.15) is 0 Å². The molecule has 33 heavy (non-hydrogen) atoms. The van der Waals surface area contributed by atoms with Crippen molar-refractivity contribution in [3.8, 4) is 17.2 Å². The van der Waals surface area contributed by atoms with Crippen molar-refractivity contribution in [2.45, 2.75) is 20.0 Å². The third-order valence-electron chi connectivity index (χ3n) is 4.18. The topological polar surface area (TPSA) is 98.8 Å². The Balaban J connectivity index is 1.81. The van der Waals surface area contributed by atoms with Gasteiger partial charge in [-0.15, -0.1) is 11.3 Å². The molecular formula is C23H24ClN3O5S. The second kappa shape index (κ2) is 11.6. The lowest BCUT2D eigenvalue weighted by Gasteiger charge is -2.15. The maximum Gasteiger partial charge on any atom is 0.257 e. The summed E-state index contributed by atoms with van der Waals surface area (Å²) in [6.45, 7) is 4.57. The number of thiazole rings is 1. The van der Waals surface area contributed by atoms with Crippen LogP contribution in [0.2, 0.25) is 5.02 Å². The number of methoxy groups -OCH3 is 1.